The fourth-order valence-electron chi connectivity index (χ4n) is 3.62. The minimum atomic E-state index is -3.85. The summed E-state index contributed by atoms with van der Waals surface area (Å²) in [7, 11) is -3.85. The highest BCUT2D eigenvalue weighted by molar-refractivity contribution is 7.92. The number of thiazole rings is 1. The largest absolute Gasteiger partial charge is 0.379 e. The number of aromatic nitrogens is 1. The van der Waals surface area contributed by atoms with E-state index in [0.29, 0.717) is 41.5 Å². The van der Waals surface area contributed by atoms with Crippen molar-refractivity contribution in [1.29, 1.82) is 0 Å². The summed E-state index contributed by atoms with van der Waals surface area (Å²) in [6.07, 6.45) is 0. The van der Waals surface area contributed by atoms with Crippen molar-refractivity contribution in [2.24, 2.45) is 0 Å². The van der Waals surface area contributed by atoms with E-state index in [1.165, 1.54) is 40.5 Å². The Hall–Kier alpha value is -1.46. The maximum absolute atomic E-state index is 13.3. The van der Waals surface area contributed by atoms with E-state index >= 15 is 0 Å². The number of hydrogen-bond donors (Lipinski definition) is 0. The highest BCUT2D eigenvalue weighted by Crippen LogP contribution is 2.33. The van der Waals surface area contributed by atoms with E-state index in [4.69, 9.17) is 27.9 Å². The average Bonchev–Trinajstić information content (AvgIpc) is 3.18. The van der Waals surface area contributed by atoms with Crippen LogP contribution in [-0.4, -0.2) is 69.4 Å². The molecular weight excluding hydrogens is 541 g/mol. The van der Waals surface area contributed by atoms with E-state index < -0.39 is 21.5 Å². The zero-order chi connectivity index (χ0) is 23.6. The molecule has 0 spiro atoms. The van der Waals surface area contributed by atoms with Crippen LogP contribution in [0.25, 0.3) is 10.2 Å². The second-order valence-corrected chi connectivity index (χ2v) is 11.6. The average molecular weight is 565 g/mol. The molecule has 184 valence electrons. The molecule has 1 saturated heterocycles. The van der Waals surface area contributed by atoms with E-state index in [1.807, 2.05) is 13.0 Å². The molecule has 1 aliphatic heterocycles. The number of fused-ring (bicyclic) bond motifs is 1. The molecule has 7 nitrogen and oxygen atoms in total. The predicted octanol–water partition coefficient (Wildman–Crippen LogP) is 4.47. The molecule has 0 atom stereocenters. The Morgan fingerprint density at radius 2 is 1.82 bits per heavy atom. The lowest BCUT2D eigenvalue weighted by Crippen LogP contribution is -2.44. The Morgan fingerprint density at radius 1 is 1.15 bits per heavy atom. The summed E-state index contributed by atoms with van der Waals surface area (Å²) in [6.45, 7) is 5.62. The number of carbonyl (C=O) groups is 1. The molecule has 4 rings (SSSR count). The number of aryl methyl sites for hydroxylation is 1. The summed E-state index contributed by atoms with van der Waals surface area (Å²) in [5, 5.41) is 1.47. The van der Waals surface area contributed by atoms with Gasteiger partial charge < -0.3 is 4.74 Å². The topological polar surface area (TPSA) is 79.8 Å². The van der Waals surface area contributed by atoms with Crippen molar-refractivity contribution in [2.45, 2.75) is 11.8 Å². The molecule has 0 saturated carbocycles. The molecule has 0 bridgehead atoms. The van der Waals surface area contributed by atoms with Crippen LogP contribution in [-0.2, 0) is 19.4 Å². The third-order valence-corrected chi connectivity index (χ3v) is 8.51. The van der Waals surface area contributed by atoms with Gasteiger partial charge in [0.2, 0.25) is 5.91 Å². The van der Waals surface area contributed by atoms with Gasteiger partial charge in [-0.05, 0) is 48.9 Å². The molecule has 0 unspecified atom stereocenters. The molecule has 0 radical (unpaired) electrons. The van der Waals surface area contributed by atoms with E-state index in [-0.39, 0.29) is 17.3 Å². The number of sulfone groups is 1. The smallest absolute Gasteiger partial charge is 0.244 e. The first kappa shape index (κ1) is 27.1. The van der Waals surface area contributed by atoms with E-state index in [2.05, 4.69) is 9.88 Å². The number of halogens is 3. The van der Waals surface area contributed by atoms with Gasteiger partial charge in [-0.2, -0.15) is 0 Å². The van der Waals surface area contributed by atoms with E-state index in [0.717, 1.165) is 28.9 Å². The third kappa shape index (κ3) is 6.40. The third-order valence-electron chi connectivity index (χ3n) is 5.40. The minimum absolute atomic E-state index is 0. The van der Waals surface area contributed by atoms with Crippen LogP contribution in [0.1, 0.15) is 5.56 Å². The van der Waals surface area contributed by atoms with Crippen LogP contribution in [0.15, 0.2) is 41.3 Å². The van der Waals surface area contributed by atoms with Gasteiger partial charge in [0, 0.05) is 36.2 Å². The molecular formula is C22H24Cl3N3O4S2. The van der Waals surface area contributed by atoms with Crippen LogP contribution in [0.3, 0.4) is 0 Å². The molecule has 1 fully saturated rings. The zero-order valence-electron chi connectivity index (χ0n) is 18.4. The normalized spacial score (nSPS) is 14.7. The van der Waals surface area contributed by atoms with Crippen molar-refractivity contribution < 1.29 is 17.9 Å². The first-order valence-electron chi connectivity index (χ1n) is 10.4. The van der Waals surface area contributed by atoms with Gasteiger partial charge in [-0.1, -0.05) is 34.5 Å². The fourth-order valence-corrected chi connectivity index (χ4v) is 6.41. The number of rotatable bonds is 7. The Bertz CT molecular complexity index is 1260. The maximum atomic E-state index is 13.3. The van der Waals surface area contributed by atoms with E-state index in [1.54, 1.807) is 6.07 Å². The maximum Gasteiger partial charge on any atom is 0.244 e. The standard InChI is InChI=1S/C22H23Cl2N3O4S2.ClH/c1-15-12-17(24)13-19-21(15)25-22(32-19)27(7-6-26-8-10-31-11-9-26)20(28)14-33(29,30)18-4-2-16(23)3-5-18;/h2-5,12-13H,6-11,14H2,1H3;1H. The molecule has 1 aliphatic rings. The second-order valence-electron chi connectivity index (χ2n) is 7.78. The van der Waals surface area contributed by atoms with Gasteiger partial charge in [0.05, 0.1) is 28.3 Å². The lowest BCUT2D eigenvalue weighted by atomic mass is 10.2. The lowest BCUT2D eigenvalue weighted by Gasteiger charge is -2.29. The molecule has 34 heavy (non-hydrogen) atoms. The summed E-state index contributed by atoms with van der Waals surface area (Å²) >= 11 is 13.4. The van der Waals surface area contributed by atoms with Crippen LogP contribution in [0.5, 0.6) is 0 Å². The van der Waals surface area contributed by atoms with Gasteiger partial charge in [-0.15, -0.1) is 12.4 Å². The Morgan fingerprint density at radius 3 is 2.50 bits per heavy atom. The van der Waals surface area contributed by atoms with Gasteiger partial charge in [-0.3, -0.25) is 14.6 Å². The van der Waals surface area contributed by atoms with Crippen molar-refractivity contribution in [2.75, 3.05) is 50.0 Å². The molecule has 0 aliphatic carbocycles. The molecule has 3 aromatic rings. The van der Waals surface area contributed by atoms with Crippen molar-refractivity contribution in [1.82, 2.24) is 9.88 Å². The van der Waals surface area contributed by atoms with Gasteiger partial charge >= 0.3 is 0 Å². The number of benzene rings is 2. The minimum Gasteiger partial charge on any atom is -0.379 e. The van der Waals surface area contributed by atoms with Crippen LogP contribution in [0.4, 0.5) is 5.13 Å². The highest BCUT2D eigenvalue weighted by atomic mass is 35.5. The summed E-state index contributed by atoms with van der Waals surface area (Å²) in [5.74, 6) is -1.19. The number of nitrogens with zero attached hydrogens (tertiary/aromatic N) is 3. The first-order chi connectivity index (χ1) is 15.7. The Kier molecular flexibility index (Phi) is 9.19. The van der Waals surface area contributed by atoms with Crippen molar-refractivity contribution in [3.8, 4) is 0 Å². The van der Waals surface area contributed by atoms with Gasteiger partial charge in [0.15, 0.2) is 15.0 Å². The summed E-state index contributed by atoms with van der Waals surface area (Å²) in [5.41, 5.74) is 1.65. The van der Waals surface area contributed by atoms with Crippen molar-refractivity contribution >= 4 is 78.0 Å². The van der Waals surface area contributed by atoms with Crippen molar-refractivity contribution in [3.63, 3.8) is 0 Å². The van der Waals surface area contributed by atoms with Gasteiger partial charge in [0.1, 0.15) is 5.75 Å². The van der Waals surface area contributed by atoms with Gasteiger partial charge in [-0.25, -0.2) is 13.4 Å². The van der Waals surface area contributed by atoms with Crippen LogP contribution in [0.2, 0.25) is 10.0 Å². The van der Waals surface area contributed by atoms with Crippen LogP contribution < -0.4 is 4.90 Å². The predicted molar refractivity (Wildman–Crippen MR) is 140 cm³/mol. The monoisotopic (exact) mass is 563 g/mol. The molecule has 0 N–H and O–H groups in total. The Balaban J connectivity index is 0.00000324. The zero-order valence-corrected chi connectivity index (χ0v) is 22.3. The number of ether oxygens (including phenoxy) is 1. The Labute approximate surface area is 218 Å². The summed E-state index contributed by atoms with van der Waals surface area (Å²) < 4.78 is 32.1. The van der Waals surface area contributed by atoms with Crippen LogP contribution >= 0.6 is 46.9 Å². The fraction of sp³-hybridized carbons (Fsp3) is 0.364. The van der Waals surface area contributed by atoms with Crippen molar-refractivity contribution in [3.05, 3.63) is 52.0 Å². The summed E-state index contributed by atoms with van der Waals surface area (Å²) in [6, 6.07) is 9.43. The molecule has 12 heteroatoms. The van der Waals surface area contributed by atoms with Gasteiger partial charge in [0.25, 0.3) is 0 Å². The number of hydrogen-bond acceptors (Lipinski definition) is 7. The number of anilines is 1. The molecule has 1 aromatic heterocycles. The SMILES string of the molecule is Cc1cc(Cl)cc2sc(N(CCN3CCOCC3)C(=O)CS(=O)(=O)c3ccc(Cl)cc3)nc12.Cl. The number of carbonyl (C=O) groups excluding carboxylic acids is 1. The number of morpholine rings is 1. The molecule has 1 amide bonds. The van der Waals surface area contributed by atoms with Crippen LogP contribution in [0, 0.1) is 6.92 Å². The quantitative estimate of drug-likeness (QED) is 0.421. The lowest BCUT2D eigenvalue weighted by molar-refractivity contribution is -0.116. The first-order valence-corrected chi connectivity index (χ1v) is 13.6. The highest BCUT2D eigenvalue weighted by Gasteiger charge is 2.27. The molecule has 2 heterocycles. The second kappa shape index (κ2) is 11.5. The molecule has 2 aromatic carbocycles. The van der Waals surface area contributed by atoms with E-state index in [9.17, 15) is 13.2 Å². The number of amides is 1. The summed E-state index contributed by atoms with van der Waals surface area (Å²) in [4.78, 5) is 21.7.